The molecule has 2 rings (SSSR count). The van der Waals surface area contributed by atoms with E-state index < -0.39 is 0 Å². The normalized spacial score (nSPS) is 34.1. The molecule has 2 heterocycles. The third kappa shape index (κ3) is 2.76. The second-order valence-corrected chi connectivity index (χ2v) is 5.16. The van der Waals surface area contributed by atoms with E-state index in [2.05, 4.69) is 24.1 Å². The maximum Gasteiger partial charge on any atom is 0.0622 e. The molecule has 0 spiro atoms. The van der Waals surface area contributed by atoms with Crippen molar-refractivity contribution in [1.29, 1.82) is 0 Å². The van der Waals surface area contributed by atoms with Crippen molar-refractivity contribution in [1.82, 2.24) is 10.2 Å². The van der Waals surface area contributed by atoms with Gasteiger partial charge in [0.05, 0.1) is 6.61 Å². The smallest absolute Gasteiger partial charge is 0.0622 e. The number of likely N-dealkylation sites (N-methyl/N-ethyl adjacent to an activating group) is 1. The molecular weight excluding hydrogens is 200 g/mol. The molecule has 2 fully saturated rings. The highest BCUT2D eigenvalue weighted by Crippen LogP contribution is 2.25. The zero-order valence-electron chi connectivity index (χ0n) is 10.7. The Morgan fingerprint density at radius 1 is 1.38 bits per heavy atom. The quantitative estimate of drug-likeness (QED) is 0.788. The Balaban J connectivity index is 1.95. The van der Waals surface area contributed by atoms with Crippen LogP contribution in [0.15, 0.2) is 0 Å². The number of nitrogens with one attached hydrogen (secondary N) is 1. The fourth-order valence-electron chi connectivity index (χ4n) is 3.21. The van der Waals surface area contributed by atoms with Gasteiger partial charge < -0.3 is 10.1 Å². The van der Waals surface area contributed by atoms with E-state index in [0.29, 0.717) is 12.1 Å². The molecule has 0 aromatic rings. The Labute approximate surface area is 99.5 Å². The summed E-state index contributed by atoms with van der Waals surface area (Å²) in [7, 11) is 0. The minimum Gasteiger partial charge on any atom is -0.380 e. The molecule has 2 saturated heterocycles. The van der Waals surface area contributed by atoms with E-state index in [0.717, 1.165) is 25.8 Å². The number of rotatable bonds is 4. The molecule has 0 radical (unpaired) electrons. The van der Waals surface area contributed by atoms with E-state index in [9.17, 15) is 0 Å². The van der Waals surface area contributed by atoms with Gasteiger partial charge in [-0.3, -0.25) is 4.90 Å². The molecular formula is C13H26N2O. The van der Waals surface area contributed by atoms with E-state index in [1.54, 1.807) is 0 Å². The summed E-state index contributed by atoms with van der Waals surface area (Å²) in [6.07, 6.45) is 5.34. The van der Waals surface area contributed by atoms with Crippen LogP contribution in [-0.4, -0.2) is 49.3 Å². The molecule has 0 aromatic carbocycles. The summed E-state index contributed by atoms with van der Waals surface area (Å²) >= 11 is 0. The fourth-order valence-corrected chi connectivity index (χ4v) is 3.21. The van der Waals surface area contributed by atoms with Gasteiger partial charge in [0, 0.05) is 24.7 Å². The first-order chi connectivity index (χ1) is 7.83. The highest BCUT2D eigenvalue weighted by atomic mass is 16.5. The van der Waals surface area contributed by atoms with Gasteiger partial charge in [0.15, 0.2) is 0 Å². The van der Waals surface area contributed by atoms with Crippen molar-refractivity contribution < 1.29 is 4.74 Å². The maximum atomic E-state index is 5.54. The summed E-state index contributed by atoms with van der Waals surface area (Å²) in [5.74, 6) is 0. The van der Waals surface area contributed by atoms with Gasteiger partial charge in [-0.15, -0.1) is 0 Å². The molecule has 16 heavy (non-hydrogen) atoms. The lowest BCUT2D eigenvalue weighted by molar-refractivity contribution is 0.0632. The zero-order chi connectivity index (χ0) is 11.4. The number of likely N-dealkylation sites (tertiary alicyclic amines) is 1. The van der Waals surface area contributed by atoms with Crippen molar-refractivity contribution in [2.75, 3.05) is 26.3 Å². The number of nitrogens with zero attached hydrogens (tertiary/aromatic N) is 1. The first kappa shape index (κ1) is 12.3. The van der Waals surface area contributed by atoms with Crippen LogP contribution >= 0.6 is 0 Å². The van der Waals surface area contributed by atoms with E-state index in [1.165, 1.54) is 32.2 Å². The molecule has 0 aromatic heterocycles. The summed E-state index contributed by atoms with van der Waals surface area (Å²) in [5.41, 5.74) is 0. The van der Waals surface area contributed by atoms with Crippen LogP contribution in [0.4, 0.5) is 0 Å². The molecule has 2 aliphatic rings. The second kappa shape index (κ2) is 5.99. The summed E-state index contributed by atoms with van der Waals surface area (Å²) in [6.45, 7) is 8.80. The van der Waals surface area contributed by atoms with E-state index >= 15 is 0 Å². The minimum absolute atomic E-state index is 0.617. The van der Waals surface area contributed by atoms with Gasteiger partial charge in [0.1, 0.15) is 0 Å². The highest BCUT2D eigenvalue weighted by molar-refractivity contribution is 4.89. The molecule has 0 bridgehead atoms. The molecule has 0 amide bonds. The van der Waals surface area contributed by atoms with Gasteiger partial charge in [-0.1, -0.05) is 13.3 Å². The molecule has 2 aliphatic heterocycles. The van der Waals surface area contributed by atoms with Crippen LogP contribution < -0.4 is 5.32 Å². The highest BCUT2D eigenvalue weighted by Gasteiger charge is 2.33. The largest absolute Gasteiger partial charge is 0.380 e. The average molecular weight is 226 g/mol. The second-order valence-electron chi connectivity index (χ2n) is 5.16. The van der Waals surface area contributed by atoms with Crippen molar-refractivity contribution in [3.63, 3.8) is 0 Å². The zero-order valence-corrected chi connectivity index (χ0v) is 10.7. The predicted octanol–water partition coefficient (Wildman–Crippen LogP) is 1.63. The monoisotopic (exact) mass is 226 g/mol. The van der Waals surface area contributed by atoms with Gasteiger partial charge in [0.2, 0.25) is 0 Å². The molecule has 3 heteroatoms. The van der Waals surface area contributed by atoms with Gasteiger partial charge in [-0.05, 0) is 39.3 Å². The summed E-state index contributed by atoms with van der Waals surface area (Å²) < 4.78 is 5.54. The minimum atomic E-state index is 0.617. The number of piperidine rings is 1. The lowest BCUT2D eigenvalue weighted by Crippen LogP contribution is -2.54. The average Bonchev–Trinajstić information content (AvgIpc) is 2.83. The molecule has 3 atom stereocenters. The Morgan fingerprint density at radius 2 is 2.25 bits per heavy atom. The van der Waals surface area contributed by atoms with Crippen molar-refractivity contribution in [3.05, 3.63) is 0 Å². The number of hydrogen-bond donors (Lipinski definition) is 1. The first-order valence-corrected chi connectivity index (χ1v) is 6.89. The fraction of sp³-hybridized carbons (Fsp3) is 1.00. The van der Waals surface area contributed by atoms with Crippen LogP contribution in [0.3, 0.4) is 0 Å². The van der Waals surface area contributed by atoms with Crippen molar-refractivity contribution in [2.45, 2.75) is 57.7 Å². The summed E-state index contributed by atoms with van der Waals surface area (Å²) in [4.78, 5) is 2.71. The predicted molar refractivity (Wildman–Crippen MR) is 66.7 cm³/mol. The Bertz CT molecular complexity index is 204. The van der Waals surface area contributed by atoms with Crippen LogP contribution in [0.1, 0.15) is 39.5 Å². The van der Waals surface area contributed by atoms with Crippen LogP contribution in [0.2, 0.25) is 0 Å². The van der Waals surface area contributed by atoms with Gasteiger partial charge in [-0.2, -0.15) is 0 Å². The lowest BCUT2D eigenvalue weighted by atomic mass is 9.94. The Kier molecular flexibility index (Phi) is 4.62. The molecule has 3 nitrogen and oxygen atoms in total. The van der Waals surface area contributed by atoms with Crippen LogP contribution in [0.5, 0.6) is 0 Å². The summed E-state index contributed by atoms with van der Waals surface area (Å²) in [6, 6.07) is 2.03. The number of hydrogen-bond acceptors (Lipinski definition) is 3. The Hall–Kier alpha value is -0.120. The van der Waals surface area contributed by atoms with Crippen LogP contribution in [-0.2, 0) is 4.74 Å². The third-order valence-electron chi connectivity index (χ3n) is 4.07. The summed E-state index contributed by atoms with van der Waals surface area (Å²) in [5, 5.41) is 3.59. The van der Waals surface area contributed by atoms with E-state index in [4.69, 9.17) is 4.74 Å². The van der Waals surface area contributed by atoms with E-state index in [1.807, 2.05) is 0 Å². The molecule has 3 unspecified atom stereocenters. The van der Waals surface area contributed by atoms with E-state index in [-0.39, 0.29) is 0 Å². The van der Waals surface area contributed by atoms with Crippen LogP contribution in [0.25, 0.3) is 0 Å². The molecule has 1 N–H and O–H groups in total. The molecule has 0 aliphatic carbocycles. The van der Waals surface area contributed by atoms with Gasteiger partial charge in [0.25, 0.3) is 0 Å². The third-order valence-corrected chi connectivity index (χ3v) is 4.07. The van der Waals surface area contributed by atoms with Crippen molar-refractivity contribution in [2.24, 2.45) is 0 Å². The Morgan fingerprint density at radius 3 is 2.94 bits per heavy atom. The molecule has 0 saturated carbocycles. The van der Waals surface area contributed by atoms with Gasteiger partial charge in [-0.25, -0.2) is 0 Å². The van der Waals surface area contributed by atoms with Crippen molar-refractivity contribution in [3.8, 4) is 0 Å². The standard InChI is InChI=1S/C13H26N2O/c1-3-14-11(2)13-6-4-5-8-15(13)12-7-9-16-10-12/h11-14H,3-10H2,1-2H3. The lowest BCUT2D eigenvalue weighted by Gasteiger charge is -2.42. The molecule has 94 valence electrons. The van der Waals surface area contributed by atoms with Crippen LogP contribution in [0, 0.1) is 0 Å². The maximum absolute atomic E-state index is 5.54. The number of ether oxygens (including phenoxy) is 1. The topological polar surface area (TPSA) is 24.5 Å². The van der Waals surface area contributed by atoms with Crippen molar-refractivity contribution >= 4 is 0 Å². The first-order valence-electron chi connectivity index (χ1n) is 6.89. The van der Waals surface area contributed by atoms with Gasteiger partial charge >= 0.3 is 0 Å². The SMILES string of the molecule is CCNC(C)C1CCCCN1C1CCOC1.